The lowest BCUT2D eigenvalue weighted by Crippen LogP contribution is -2.29. The molecule has 0 radical (unpaired) electrons. The molecule has 3 aromatic rings. The van der Waals surface area contributed by atoms with Gasteiger partial charge in [0.25, 0.3) is 5.91 Å². The quantitative estimate of drug-likeness (QED) is 0.717. The summed E-state index contributed by atoms with van der Waals surface area (Å²) in [6.45, 7) is -0.335. The Labute approximate surface area is 156 Å². The van der Waals surface area contributed by atoms with E-state index in [-0.39, 0.29) is 18.0 Å². The number of nitrogens with one attached hydrogen (secondary N) is 1. The third-order valence-corrected chi connectivity index (χ3v) is 5.87. The number of para-hydroxylation sites is 1. The summed E-state index contributed by atoms with van der Waals surface area (Å²) in [7, 11) is -3.94. The summed E-state index contributed by atoms with van der Waals surface area (Å²) in [6.07, 6.45) is 3.24. The molecule has 1 aliphatic rings. The molecule has 4 rings (SSSR count). The fourth-order valence-corrected chi connectivity index (χ4v) is 4.30. The van der Waals surface area contributed by atoms with Crippen LogP contribution in [0.3, 0.4) is 0 Å². The lowest BCUT2D eigenvalue weighted by molar-refractivity contribution is -0.117. The molecule has 1 aromatic heterocycles. The molecular weight excluding hydrogens is 366 g/mol. The Morgan fingerprint density at radius 2 is 1.85 bits per heavy atom. The highest BCUT2D eigenvalue weighted by atomic mass is 32.2. The van der Waals surface area contributed by atoms with E-state index in [9.17, 15) is 18.3 Å². The van der Waals surface area contributed by atoms with Crippen molar-refractivity contribution in [1.82, 2.24) is 9.71 Å². The van der Waals surface area contributed by atoms with Crippen LogP contribution in [0.1, 0.15) is 11.1 Å². The summed E-state index contributed by atoms with van der Waals surface area (Å²) in [5.74, 6) is -0.800. The number of pyridine rings is 1. The second-order valence-corrected chi connectivity index (χ2v) is 7.99. The minimum Gasteiger partial charge on any atom is -0.506 e. The van der Waals surface area contributed by atoms with E-state index in [0.29, 0.717) is 6.42 Å². The number of aromatic nitrogens is 1. The summed E-state index contributed by atoms with van der Waals surface area (Å²) >= 11 is 0. The molecule has 7 nitrogen and oxygen atoms in total. The lowest BCUT2D eigenvalue weighted by Gasteiger charge is -2.16. The van der Waals surface area contributed by atoms with Crippen molar-refractivity contribution in [2.75, 3.05) is 10.8 Å². The molecule has 1 saturated heterocycles. The van der Waals surface area contributed by atoms with Crippen molar-refractivity contribution in [3.63, 3.8) is 0 Å². The molecule has 1 aliphatic heterocycles. The van der Waals surface area contributed by atoms with E-state index in [1.807, 2.05) is 35.2 Å². The zero-order valence-corrected chi connectivity index (χ0v) is 15.1. The van der Waals surface area contributed by atoms with Gasteiger partial charge in [0.05, 0.1) is 11.2 Å². The van der Waals surface area contributed by atoms with Gasteiger partial charge in [-0.15, -0.1) is 0 Å². The zero-order chi connectivity index (χ0) is 19.0. The number of carbonyl (C=O) groups excluding carboxylic acids is 1. The maximum atomic E-state index is 11.9. The van der Waals surface area contributed by atoms with Crippen molar-refractivity contribution in [3.8, 4) is 5.75 Å². The number of phenolic OH excluding ortho intramolecular Hbond substituents is 1. The van der Waals surface area contributed by atoms with E-state index in [0.717, 1.165) is 32.8 Å². The number of hydrogen-bond acceptors (Lipinski definition) is 5. The molecule has 0 unspecified atom stereocenters. The molecule has 2 aromatic carbocycles. The van der Waals surface area contributed by atoms with Crippen molar-refractivity contribution < 1.29 is 18.3 Å². The first-order chi connectivity index (χ1) is 12.9. The minimum absolute atomic E-state index is 0.0875. The molecular formula is C19H17N3O4S. The Morgan fingerprint density at radius 3 is 2.59 bits per heavy atom. The summed E-state index contributed by atoms with van der Waals surface area (Å²) in [6, 6.07) is 14.8. The van der Waals surface area contributed by atoms with Crippen molar-refractivity contribution in [2.45, 2.75) is 12.8 Å². The van der Waals surface area contributed by atoms with E-state index < -0.39 is 16.1 Å². The van der Waals surface area contributed by atoms with Crippen molar-refractivity contribution >= 4 is 32.7 Å². The molecule has 2 N–H and O–H groups in total. The molecule has 27 heavy (non-hydrogen) atoms. The van der Waals surface area contributed by atoms with Crippen LogP contribution in [0.4, 0.5) is 5.69 Å². The van der Waals surface area contributed by atoms with E-state index in [1.54, 1.807) is 6.07 Å². The summed E-state index contributed by atoms with van der Waals surface area (Å²) in [5.41, 5.74) is 2.97. The Balaban J connectivity index is 1.51. The zero-order valence-electron chi connectivity index (χ0n) is 14.3. The van der Waals surface area contributed by atoms with Gasteiger partial charge in [-0.25, -0.2) is 9.03 Å². The van der Waals surface area contributed by atoms with Crippen LogP contribution < -0.4 is 9.03 Å². The molecule has 138 valence electrons. The molecule has 0 aliphatic carbocycles. The fraction of sp³-hybridized carbons (Fsp3) is 0.158. The second-order valence-electron chi connectivity index (χ2n) is 6.40. The van der Waals surface area contributed by atoms with Crippen molar-refractivity contribution in [2.24, 2.45) is 0 Å². The van der Waals surface area contributed by atoms with Gasteiger partial charge in [-0.3, -0.25) is 9.78 Å². The number of carbonyl (C=O) groups is 1. The largest absolute Gasteiger partial charge is 0.506 e. The normalized spacial score (nSPS) is 15.9. The van der Waals surface area contributed by atoms with Gasteiger partial charge >= 0.3 is 10.2 Å². The van der Waals surface area contributed by atoms with Crippen LogP contribution in [0, 0.1) is 0 Å². The topological polar surface area (TPSA) is 99.6 Å². The number of benzene rings is 2. The van der Waals surface area contributed by atoms with E-state index >= 15 is 0 Å². The maximum Gasteiger partial charge on any atom is 0.326 e. The van der Waals surface area contributed by atoms with Gasteiger partial charge in [0.15, 0.2) is 0 Å². The predicted octanol–water partition coefficient (Wildman–Crippen LogP) is 1.91. The third-order valence-electron chi connectivity index (χ3n) is 4.48. The molecule has 2 heterocycles. The predicted molar refractivity (Wildman–Crippen MR) is 102 cm³/mol. The first-order valence-corrected chi connectivity index (χ1v) is 9.85. The number of nitrogens with zero attached hydrogens (tertiary/aromatic N) is 2. The molecule has 0 atom stereocenters. The first kappa shape index (κ1) is 17.3. The Hall–Kier alpha value is -3.13. The van der Waals surface area contributed by atoms with Gasteiger partial charge in [-0.05, 0) is 48.2 Å². The van der Waals surface area contributed by atoms with Gasteiger partial charge in [0.1, 0.15) is 12.3 Å². The monoisotopic (exact) mass is 383 g/mol. The van der Waals surface area contributed by atoms with Crippen LogP contribution in [0.15, 0.2) is 54.7 Å². The number of hydrogen-bond donors (Lipinski definition) is 2. The number of aromatic hydroxyl groups is 1. The molecule has 1 fully saturated rings. The van der Waals surface area contributed by atoms with Crippen LogP contribution in [0.5, 0.6) is 5.75 Å². The average Bonchev–Trinajstić information content (AvgIpc) is 2.92. The third kappa shape index (κ3) is 3.43. The molecule has 0 bridgehead atoms. The number of rotatable bonds is 4. The maximum absolute atomic E-state index is 11.9. The summed E-state index contributed by atoms with van der Waals surface area (Å²) in [4.78, 5) is 15.8. The molecule has 1 amide bonds. The number of amides is 1. The van der Waals surface area contributed by atoms with E-state index in [4.69, 9.17) is 0 Å². The Morgan fingerprint density at radius 1 is 1.07 bits per heavy atom. The first-order valence-electron chi connectivity index (χ1n) is 8.41. The smallest absolute Gasteiger partial charge is 0.326 e. The highest BCUT2D eigenvalue weighted by molar-refractivity contribution is 7.92. The lowest BCUT2D eigenvalue weighted by atomic mass is 10.0. The summed E-state index contributed by atoms with van der Waals surface area (Å²) in [5, 5.41) is 11.3. The standard InChI is InChI=1S/C19H17N3O4S/c23-18-10-13(7-8-17(18)22-12-19(24)21-27(22,25)26)5-6-14-9-15-3-1-2-4-16(15)20-11-14/h1-4,7-11,23H,5-6,12H2,(H,21,24). The van der Waals surface area contributed by atoms with Crippen LogP contribution in [0.25, 0.3) is 10.9 Å². The molecule has 8 heteroatoms. The van der Waals surface area contributed by atoms with Crippen LogP contribution in [0.2, 0.25) is 0 Å². The fourth-order valence-electron chi connectivity index (χ4n) is 3.14. The van der Waals surface area contributed by atoms with Crippen LogP contribution >= 0.6 is 0 Å². The number of phenols is 1. The average molecular weight is 383 g/mol. The molecule has 0 spiro atoms. The van der Waals surface area contributed by atoms with Gasteiger partial charge in [-0.2, -0.15) is 8.42 Å². The van der Waals surface area contributed by atoms with Crippen molar-refractivity contribution in [3.05, 3.63) is 65.9 Å². The van der Waals surface area contributed by atoms with Gasteiger partial charge in [-0.1, -0.05) is 24.3 Å². The summed E-state index contributed by atoms with van der Waals surface area (Å²) < 4.78 is 26.6. The van der Waals surface area contributed by atoms with Crippen molar-refractivity contribution in [1.29, 1.82) is 0 Å². The number of anilines is 1. The second kappa shape index (κ2) is 6.55. The van der Waals surface area contributed by atoms with E-state index in [2.05, 4.69) is 11.1 Å². The minimum atomic E-state index is -3.94. The Kier molecular flexibility index (Phi) is 4.19. The van der Waals surface area contributed by atoms with Gasteiger partial charge < -0.3 is 5.11 Å². The van der Waals surface area contributed by atoms with E-state index in [1.165, 1.54) is 12.1 Å². The van der Waals surface area contributed by atoms with Crippen LogP contribution in [-0.2, 0) is 27.8 Å². The highest BCUT2D eigenvalue weighted by Gasteiger charge is 2.35. The number of aryl methyl sites for hydroxylation is 2. The Bertz CT molecular complexity index is 1140. The molecule has 0 saturated carbocycles. The van der Waals surface area contributed by atoms with Gasteiger partial charge in [0, 0.05) is 11.6 Å². The van der Waals surface area contributed by atoms with Gasteiger partial charge in [0.2, 0.25) is 0 Å². The SMILES string of the molecule is O=C1CN(c2ccc(CCc3cnc4ccccc4c3)cc2O)S(=O)(=O)N1. The number of fused-ring (bicyclic) bond motifs is 1. The van der Waals surface area contributed by atoms with Crippen LogP contribution in [-0.4, -0.2) is 31.0 Å². The highest BCUT2D eigenvalue weighted by Crippen LogP contribution is 2.31.